The van der Waals surface area contributed by atoms with Crippen LogP contribution in [0.25, 0.3) is 0 Å². The zero-order valence-electron chi connectivity index (χ0n) is 10.8. The summed E-state index contributed by atoms with van der Waals surface area (Å²) < 4.78 is 27.9. The Labute approximate surface area is 104 Å². The van der Waals surface area contributed by atoms with E-state index in [-0.39, 0.29) is 11.8 Å². The third kappa shape index (κ3) is 4.91. The summed E-state index contributed by atoms with van der Waals surface area (Å²) in [5.74, 6) is 0.210. The smallest absolute Gasteiger partial charge is 0.211 e. The molecule has 5 heteroatoms. The highest BCUT2D eigenvalue weighted by molar-refractivity contribution is 7.89. The Bertz CT molecular complexity index is 437. The van der Waals surface area contributed by atoms with E-state index in [1.807, 2.05) is 33.2 Å². The Morgan fingerprint density at radius 3 is 2.71 bits per heavy atom. The normalized spacial score (nSPS) is 13.8. The molecule has 0 saturated heterocycles. The van der Waals surface area contributed by atoms with Gasteiger partial charge in [-0.1, -0.05) is 6.92 Å². The number of aromatic nitrogens is 1. The first-order valence-electron chi connectivity index (χ1n) is 6.05. The SMILES string of the molecule is CCCS(=O)(=O)NC(C)CCc1cccn1C. The molecule has 1 unspecified atom stereocenters. The van der Waals surface area contributed by atoms with E-state index in [9.17, 15) is 8.42 Å². The third-order valence-electron chi connectivity index (χ3n) is 2.74. The van der Waals surface area contributed by atoms with E-state index in [4.69, 9.17) is 0 Å². The Balaban J connectivity index is 2.40. The quantitative estimate of drug-likeness (QED) is 0.809. The van der Waals surface area contributed by atoms with Crippen LogP contribution in [0.4, 0.5) is 0 Å². The molecule has 0 spiro atoms. The van der Waals surface area contributed by atoms with Crippen molar-refractivity contribution in [3.05, 3.63) is 24.0 Å². The maximum Gasteiger partial charge on any atom is 0.211 e. The topological polar surface area (TPSA) is 51.1 Å². The van der Waals surface area contributed by atoms with Crippen molar-refractivity contribution in [2.45, 2.75) is 39.2 Å². The van der Waals surface area contributed by atoms with Crippen molar-refractivity contribution in [1.29, 1.82) is 0 Å². The monoisotopic (exact) mass is 258 g/mol. The van der Waals surface area contributed by atoms with Crippen LogP contribution >= 0.6 is 0 Å². The van der Waals surface area contributed by atoms with E-state index in [0.717, 1.165) is 12.8 Å². The van der Waals surface area contributed by atoms with Gasteiger partial charge in [-0.25, -0.2) is 13.1 Å². The van der Waals surface area contributed by atoms with Crippen molar-refractivity contribution >= 4 is 10.0 Å². The van der Waals surface area contributed by atoms with Gasteiger partial charge in [-0.2, -0.15) is 0 Å². The highest BCUT2D eigenvalue weighted by atomic mass is 32.2. The van der Waals surface area contributed by atoms with E-state index in [1.54, 1.807) is 0 Å². The van der Waals surface area contributed by atoms with Gasteiger partial charge in [-0.05, 0) is 38.3 Å². The van der Waals surface area contributed by atoms with Gasteiger partial charge in [0.05, 0.1) is 5.75 Å². The van der Waals surface area contributed by atoms with Crippen molar-refractivity contribution in [2.75, 3.05) is 5.75 Å². The highest BCUT2D eigenvalue weighted by Gasteiger charge is 2.13. The zero-order chi connectivity index (χ0) is 12.9. The van der Waals surface area contributed by atoms with Crippen LogP contribution < -0.4 is 4.72 Å². The number of hydrogen-bond acceptors (Lipinski definition) is 2. The van der Waals surface area contributed by atoms with E-state index in [0.29, 0.717) is 6.42 Å². The number of rotatable bonds is 7. The predicted molar refractivity (Wildman–Crippen MR) is 70.4 cm³/mol. The molecule has 0 saturated carbocycles. The molecule has 1 N–H and O–H groups in total. The summed E-state index contributed by atoms with van der Waals surface area (Å²) in [6.07, 6.45) is 4.36. The fraction of sp³-hybridized carbons (Fsp3) is 0.667. The molecule has 1 aromatic rings. The molecule has 1 atom stereocenters. The van der Waals surface area contributed by atoms with Gasteiger partial charge in [0.25, 0.3) is 0 Å². The lowest BCUT2D eigenvalue weighted by Crippen LogP contribution is -2.34. The number of nitrogens with one attached hydrogen (secondary N) is 1. The minimum atomic E-state index is -3.09. The molecule has 0 amide bonds. The summed E-state index contributed by atoms with van der Waals surface area (Å²) >= 11 is 0. The molecule has 0 aromatic carbocycles. The summed E-state index contributed by atoms with van der Waals surface area (Å²) in [6, 6.07) is 4.05. The minimum Gasteiger partial charge on any atom is -0.354 e. The van der Waals surface area contributed by atoms with Crippen molar-refractivity contribution in [1.82, 2.24) is 9.29 Å². The fourth-order valence-corrected chi connectivity index (χ4v) is 3.20. The Kier molecular flexibility index (Phi) is 5.21. The average molecular weight is 258 g/mol. The molecular formula is C12H22N2O2S. The third-order valence-corrected chi connectivity index (χ3v) is 4.45. The first kappa shape index (κ1) is 14.3. The zero-order valence-corrected chi connectivity index (χ0v) is 11.6. The Morgan fingerprint density at radius 2 is 2.18 bits per heavy atom. The second kappa shape index (κ2) is 6.21. The molecule has 4 nitrogen and oxygen atoms in total. The molecule has 0 aliphatic heterocycles. The van der Waals surface area contributed by atoms with Crippen LogP contribution in [0.2, 0.25) is 0 Å². The first-order chi connectivity index (χ1) is 7.94. The van der Waals surface area contributed by atoms with Crippen LogP contribution in [0.3, 0.4) is 0 Å². The Morgan fingerprint density at radius 1 is 1.47 bits per heavy atom. The van der Waals surface area contributed by atoms with Crippen LogP contribution in [-0.4, -0.2) is 24.8 Å². The van der Waals surface area contributed by atoms with Crippen LogP contribution in [0.5, 0.6) is 0 Å². The summed E-state index contributed by atoms with van der Waals surface area (Å²) in [5, 5.41) is 0. The molecule has 98 valence electrons. The molecule has 0 radical (unpaired) electrons. The summed E-state index contributed by atoms with van der Waals surface area (Å²) in [6.45, 7) is 3.78. The molecule has 1 rings (SSSR count). The first-order valence-corrected chi connectivity index (χ1v) is 7.70. The van der Waals surface area contributed by atoms with Gasteiger partial charge >= 0.3 is 0 Å². The molecular weight excluding hydrogens is 236 g/mol. The van der Waals surface area contributed by atoms with Gasteiger partial charge in [-0.15, -0.1) is 0 Å². The maximum atomic E-state index is 11.6. The molecule has 0 aliphatic carbocycles. The molecule has 17 heavy (non-hydrogen) atoms. The number of nitrogens with zero attached hydrogens (tertiary/aromatic N) is 1. The van der Waals surface area contributed by atoms with Crippen molar-refractivity contribution < 1.29 is 8.42 Å². The lowest BCUT2D eigenvalue weighted by atomic mass is 10.1. The van der Waals surface area contributed by atoms with E-state index >= 15 is 0 Å². The standard InChI is InChI=1S/C12H22N2O2S/c1-4-10-17(15,16)13-11(2)7-8-12-6-5-9-14(12)3/h5-6,9,11,13H,4,7-8,10H2,1-3H3. The summed E-state index contributed by atoms with van der Waals surface area (Å²) in [7, 11) is -1.09. The van der Waals surface area contributed by atoms with E-state index < -0.39 is 10.0 Å². The number of sulfonamides is 1. The van der Waals surface area contributed by atoms with Crippen LogP contribution in [0, 0.1) is 0 Å². The number of aryl methyl sites for hydroxylation is 2. The van der Waals surface area contributed by atoms with Crippen molar-refractivity contribution in [3.8, 4) is 0 Å². The largest absolute Gasteiger partial charge is 0.354 e. The van der Waals surface area contributed by atoms with Gasteiger partial charge in [0.1, 0.15) is 0 Å². The molecule has 1 aromatic heterocycles. The second-order valence-electron chi connectivity index (χ2n) is 4.49. The minimum absolute atomic E-state index is 0.0125. The molecule has 0 aliphatic rings. The summed E-state index contributed by atoms with van der Waals surface area (Å²) in [5.41, 5.74) is 1.23. The molecule has 0 fully saturated rings. The van der Waals surface area contributed by atoms with E-state index in [2.05, 4.69) is 15.4 Å². The molecule has 0 bridgehead atoms. The van der Waals surface area contributed by atoms with Gasteiger partial charge in [0.2, 0.25) is 10.0 Å². The predicted octanol–water partition coefficient (Wildman–Crippen LogP) is 1.68. The Hall–Kier alpha value is -0.810. The van der Waals surface area contributed by atoms with Crippen LogP contribution in [0.1, 0.15) is 32.4 Å². The lowest BCUT2D eigenvalue weighted by Gasteiger charge is -2.14. The summed E-state index contributed by atoms with van der Waals surface area (Å²) in [4.78, 5) is 0. The van der Waals surface area contributed by atoms with Gasteiger partial charge < -0.3 is 4.57 Å². The maximum absolute atomic E-state index is 11.6. The van der Waals surface area contributed by atoms with Gasteiger partial charge in [0.15, 0.2) is 0 Å². The van der Waals surface area contributed by atoms with E-state index in [1.165, 1.54) is 5.69 Å². The van der Waals surface area contributed by atoms with Gasteiger partial charge in [0, 0.05) is 25.0 Å². The average Bonchev–Trinajstić information content (AvgIpc) is 2.60. The lowest BCUT2D eigenvalue weighted by molar-refractivity contribution is 0.542. The number of hydrogen-bond donors (Lipinski definition) is 1. The van der Waals surface area contributed by atoms with Crippen LogP contribution in [0.15, 0.2) is 18.3 Å². The fourth-order valence-electron chi connectivity index (χ4n) is 1.81. The van der Waals surface area contributed by atoms with Crippen molar-refractivity contribution in [2.24, 2.45) is 7.05 Å². The van der Waals surface area contributed by atoms with Gasteiger partial charge in [-0.3, -0.25) is 0 Å². The second-order valence-corrected chi connectivity index (χ2v) is 6.36. The van der Waals surface area contributed by atoms with Crippen molar-refractivity contribution in [3.63, 3.8) is 0 Å². The van der Waals surface area contributed by atoms with Crippen LogP contribution in [-0.2, 0) is 23.5 Å². The highest BCUT2D eigenvalue weighted by Crippen LogP contribution is 2.06. The molecule has 1 heterocycles.